The number of nitrogens with one attached hydrogen (secondary N) is 1. The van der Waals surface area contributed by atoms with E-state index in [1.54, 1.807) is 20.8 Å². The SMILES string of the molecule is CC(NC(=O)OC(C)(C)C)O/N=C(\C(=O)O)c1nsc(N)n1. The molecule has 1 amide bonds. The molecule has 0 aliphatic heterocycles. The maximum absolute atomic E-state index is 11.5. The van der Waals surface area contributed by atoms with E-state index >= 15 is 0 Å². The number of oxime groups is 1. The van der Waals surface area contributed by atoms with Gasteiger partial charge in [-0.1, -0.05) is 5.16 Å². The van der Waals surface area contributed by atoms with Crippen LogP contribution in [0.2, 0.25) is 0 Å². The third-order valence-corrected chi connectivity index (χ3v) is 2.42. The van der Waals surface area contributed by atoms with Crippen molar-refractivity contribution in [1.29, 1.82) is 0 Å². The molecule has 1 aromatic heterocycles. The molecule has 122 valence electrons. The van der Waals surface area contributed by atoms with Crippen molar-refractivity contribution in [2.45, 2.75) is 39.5 Å². The van der Waals surface area contributed by atoms with E-state index in [0.29, 0.717) is 0 Å². The summed E-state index contributed by atoms with van der Waals surface area (Å²) in [5.74, 6) is -1.55. The molecule has 1 aromatic rings. The van der Waals surface area contributed by atoms with Crippen LogP contribution < -0.4 is 11.1 Å². The van der Waals surface area contributed by atoms with Crippen LogP contribution in [0.4, 0.5) is 9.93 Å². The molecule has 0 aliphatic carbocycles. The van der Waals surface area contributed by atoms with Crippen molar-refractivity contribution in [2.75, 3.05) is 5.73 Å². The molecule has 4 N–H and O–H groups in total. The van der Waals surface area contributed by atoms with Crippen molar-refractivity contribution in [2.24, 2.45) is 5.16 Å². The van der Waals surface area contributed by atoms with E-state index in [-0.39, 0.29) is 11.0 Å². The third kappa shape index (κ3) is 5.91. The number of hydrogen-bond acceptors (Lipinski definition) is 9. The molecular weight excluding hydrogens is 314 g/mol. The maximum atomic E-state index is 11.5. The van der Waals surface area contributed by atoms with Crippen LogP contribution in [0.1, 0.15) is 33.5 Å². The van der Waals surface area contributed by atoms with Crippen molar-refractivity contribution in [3.8, 4) is 0 Å². The summed E-state index contributed by atoms with van der Waals surface area (Å²) < 4.78 is 8.74. The highest BCUT2D eigenvalue weighted by Gasteiger charge is 2.21. The fourth-order valence-electron chi connectivity index (χ4n) is 1.14. The second-order valence-electron chi connectivity index (χ2n) is 5.10. The Bertz CT molecular complexity index is 580. The highest BCUT2D eigenvalue weighted by atomic mass is 32.1. The number of alkyl carbamates (subject to hydrolysis) is 1. The first-order chi connectivity index (χ1) is 10.1. The summed E-state index contributed by atoms with van der Waals surface area (Å²) in [6.45, 7) is 6.57. The number of rotatable bonds is 5. The third-order valence-electron chi connectivity index (χ3n) is 1.88. The van der Waals surface area contributed by atoms with Crippen LogP contribution in [0.15, 0.2) is 5.16 Å². The summed E-state index contributed by atoms with van der Waals surface area (Å²) in [4.78, 5) is 31.2. The minimum atomic E-state index is -1.39. The Kier molecular flexibility index (Phi) is 5.63. The van der Waals surface area contributed by atoms with Gasteiger partial charge in [-0.05, 0) is 27.7 Å². The number of carbonyl (C=O) groups is 2. The second-order valence-corrected chi connectivity index (χ2v) is 5.88. The van der Waals surface area contributed by atoms with Gasteiger partial charge in [0.25, 0.3) is 0 Å². The van der Waals surface area contributed by atoms with Gasteiger partial charge >= 0.3 is 12.1 Å². The minimum absolute atomic E-state index is 0.101. The number of carbonyl (C=O) groups excluding carboxylic acids is 1. The fourth-order valence-corrected chi connectivity index (χ4v) is 1.57. The molecule has 0 aromatic carbocycles. The first kappa shape index (κ1) is 17.6. The molecule has 0 aliphatic rings. The van der Waals surface area contributed by atoms with E-state index in [4.69, 9.17) is 20.4 Å². The van der Waals surface area contributed by atoms with Crippen molar-refractivity contribution >= 4 is 34.4 Å². The zero-order valence-corrected chi connectivity index (χ0v) is 13.3. The summed E-state index contributed by atoms with van der Waals surface area (Å²) in [5.41, 5.74) is 4.19. The summed E-state index contributed by atoms with van der Waals surface area (Å²) in [5, 5.41) is 14.9. The lowest BCUT2D eigenvalue weighted by molar-refractivity contribution is -0.129. The molecule has 1 atom stereocenters. The summed E-state index contributed by atoms with van der Waals surface area (Å²) >= 11 is 0.829. The molecule has 0 fully saturated rings. The number of aromatic nitrogens is 2. The number of nitrogen functional groups attached to an aromatic ring is 1. The van der Waals surface area contributed by atoms with E-state index in [1.807, 2.05) is 0 Å². The number of carboxylic acids is 1. The van der Waals surface area contributed by atoms with Crippen molar-refractivity contribution in [1.82, 2.24) is 14.7 Å². The highest BCUT2D eigenvalue weighted by Crippen LogP contribution is 2.08. The van der Waals surface area contributed by atoms with Crippen molar-refractivity contribution in [3.63, 3.8) is 0 Å². The normalized spacial score (nSPS) is 13.4. The van der Waals surface area contributed by atoms with Gasteiger partial charge in [-0.3, -0.25) is 5.32 Å². The lowest BCUT2D eigenvalue weighted by Crippen LogP contribution is -2.38. The lowest BCUT2D eigenvalue weighted by atomic mass is 10.2. The second kappa shape index (κ2) is 7.02. The molecule has 1 heterocycles. The zero-order chi connectivity index (χ0) is 16.9. The van der Waals surface area contributed by atoms with Crippen LogP contribution in [0, 0.1) is 0 Å². The Morgan fingerprint density at radius 1 is 1.45 bits per heavy atom. The van der Waals surface area contributed by atoms with Gasteiger partial charge in [0.1, 0.15) is 5.60 Å². The number of hydrogen-bond donors (Lipinski definition) is 3. The van der Waals surface area contributed by atoms with E-state index < -0.39 is 29.6 Å². The van der Waals surface area contributed by atoms with E-state index in [2.05, 4.69) is 19.8 Å². The molecule has 0 saturated carbocycles. The fraction of sp³-hybridized carbons (Fsp3) is 0.545. The molecule has 1 rings (SSSR count). The number of amides is 1. The highest BCUT2D eigenvalue weighted by molar-refractivity contribution is 7.09. The average molecular weight is 331 g/mol. The first-order valence-corrected chi connectivity index (χ1v) is 6.92. The van der Waals surface area contributed by atoms with E-state index in [0.717, 1.165) is 11.5 Å². The molecule has 0 bridgehead atoms. The minimum Gasteiger partial charge on any atom is -0.476 e. The summed E-state index contributed by atoms with van der Waals surface area (Å²) in [7, 11) is 0. The Morgan fingerprint density at radius 2 is 2.09 bits per heavy atom. The van der Waals surface area contributed by atoms with Crippen LogP contribution in [-0.4, -0.2) is 44.1 Å². The maximum Gasteiger partial charge on any atom is 0.410 e. The monoisotopic (exact) mass is 331 g/mol. The van der Waals surface area contributed by atoms with Gasteiger partial charge in [-0.25, -0.2) is 9.59 Å². The molecule has 1 unspecified atom stereocenters. The average Bonchev–Trinajstić information content (AvgIpc) is 2.72. The summed E-state index contributed by atoms with van der Waals surface area (Å²) in [6, 6.07) is 0. The van der Waals surface area contributed by atoms with Crippen molar-refractivity contribution in [3.05, 3.63) is 5.82 Å². The molecule has 0 saturated heterocycles. The Morgan fingerprint density at radius 3 is 2.55 bits per heavy atom. The Hall–Kier alpha value is -2.43. The standard InChI is InChI=1S/C11H17N5O5S/c1-5(13-10(19)20-11(2,3)4)21-15-6(8(17)18)7-14-9(12)22-16-7/h5H,1-4H3,(H,13,19)(H,17,18)(H2,12,14,16)/b15-6-. The van der Waals surface area contributed by atoms with Crippen LogP contribution in [-0.2, 0) is 14.4 Å². The molecule has 22 heavy (non-hydrogen) atoms. The van der Waals surface area contributed by atoms with Gasteiger partial charge in [0.15, 0.2) is 11.4 Å². The van der Waals surface area contributed by atoms with Gasteiger partial charge in [-0.15, -0.1) is 0 Å². The van der Waals surface area contributed by atoms with Gasteiger partial charge < -0.3 is 20.4 Å². The van der Waals surface area contributed by atoms with Crippen LogP contribution in [0.3, 0.4) is 0 Å². The number of nitrogens with zero attached hydrogens (tertiary/aromatic N) is 3. The molecule has 11 heteroatoms. The quantitative estimate of drug-likeness (QED) is 0.407. The predicted molar refractivity (Wildman–Crippen MR) is 78.4 cm³/mol. The smallest absolute Gasteiger partial charge is 0.410 e. The van der Waals surface area contributed by atoms with Crippen LogP contribution in [0.25, 0.3) is 0 Å². The molecule has 0 radical (unpaired) electrons. The van der Waals surface area contributed by atoms with Crippen LogP contribution in [0.5, 0.6) is 0 Å². The molecule has 0 spiro atoms. The molecular formula is C11H17N5O5S. The van der Waals surface area contributed by atoms with Gasteiger partial charge in [0.2, 0.25) is 11.5 Å². The van der Waals surface area contributed by atoms with E-state index in [9.17, 15) is 9.59 Å². The number of ether oxygens (including phenoxy) is 1. The van der Waals surface area contributed by atoms with Gasteiger partial charge in [-0.2, -0.15) is 9.36 Å². The first-order valence-electron chi connectivity index (χ1n) is 6.14. The Balaban J connectivity index is 2.67. The van der Waals surface area contributed by atoms with Gasteiger partial charge in [0.05, 0.1) is 0 Å². The number of aliphatic carboxylic acids is 1. The lowest BCUT2D eigenvalue weighted by Gasteiger charge is -2.21. The number of anilines is 1. The molecule has 10 nitrogen and oxygen atoms in total. The predicted octanol–water partition coefficient (Wildman–Crippen LogP) is 0.796. The zero-order valence-electron chi connectivity index (χ0n) is 12.5. The number of carboxylic acid groups (broad SMARTS) is 1. The topological polar surface area (TPSA) is 149 Å². The van der Waals surface area contributed by atoms with E-state index in [1.165, 1.54) is 6.92 Å². The summed E-state index contributed by atoms with van der Waals surface area (Å²) in [6.07, 6.45) is -1.64. The largest absolute Gasteiger partial charge is 0.476 e. The van der Waals surface area contributed by atoms with Crippen LogP contribution >= 0.6 is 11.5 Å². The van der Waals surface area contributed by atoms with Gasteiger partial charge in [0, 0.05) is 11.5 Å². The Labute approximate surface area is 130 Å². The van der Waals surface area contributed by atoms with Crippen molar-refractivity contribution < 1.29 is 24.3 Å². The number of nitrogens with two attached hydrogens (primary N) is 1.